The molecule has 1 saturated heterocycles. The molecule has 1 aliphatic carbocycles. The van der Waals surface area contributed by atoms with Gasteiger partial charge in [-0.05, 0) is 31.9 Å². The van der Waals surface area contributed by atoms with Gasteiger partial charge >= 0.3 is 0 Å². The van der Waals surface area contributed by atoms with Gasteiger partial charge in [0.1, 0.15) is 17.2 Å². The van der Waals surface area contributed by atoms with Gasteiger partial charge in [-0.15, -0.1) is 0 Å². The number of allylic oxidation sites excluding steroid dienone is 1. The number of halogens is 2. The van der Waals surface area contributed by atoms with Gasteiger partial charge in [0, 0.05) is 62.1 Å². The normalized spacial score (nSPS) is 27.6. The smallest absolute Gasteiger partial charge is 0.261 e. The van der Waals surface area contributed by atoms with Crippen LogP contribution in [0.15, 0.2) is 40.8 Å². The third-order valence-corrected chi connectivity index (χ3v) is 6.54. The van der Waals surface area contributed by atoms with E-state index in [-0.39, 0.29) is 35.9 Å². The van der Waals surface area contributed by atoms with Crippen LogP contribution in [0.4, 0.5) is 20.2 Å². The summed E-state index contributed by atoms with van der Waals surface area (Å²) in [5.41, 5.74) is 1.82. The molecule has 9 heteroatoms. The first kappa shape index (κ1) is 20.7. The third kappa shape index (κ3) is 3.45. The van der Waals surface area contributed by atoms with Crippen molar-refractivity contribution in [2.24, 2.45) is 16.8 Å². The average molecular weight is 441 g/mol. The average Bonchev–Trinajstić information content (AvgIpc) is 3.24. The molecule has 1 amide bonds. The predicted octanol–water partition coefficient (Wildman–Crippen LogP) is 3.48. The van der Waals surface area contributed by atoms with E-state index in [1.807, 2.05) is 30.9 Å². The Bertz CT molecular complexity index is 1090. The zero-order valence-corrected chi connectivity index (χ0v) is 17.9. The zero-order valence-electron chi connectivity index (χ0n) is 17.9. The van der Waals surface area contributed by atoms with Crippen LogP contribution in [0.3, 0.4) is 0 Å². The molecule has 32 heavy (non-hydrogen) atoms. The number of rotatable bonds is 4. The topological polar surface area (TPSA) is 89.8 Å². The van der Waals surface area contributed by atoms with Crippen molar-refractivity contribution in [3.05, 3.63) is 41.4 Å². The minimum atomic E-state index is -2.63. The fourth-order valence-corrected chi connectivity index (χ4v) is 5.00. The maximum Gasteiger partial charge on any atom is 0.261 e. The van der Waals surface area contributed by atoms with Gasteiger partial charge in [-0.25, -0.2) is 13.8 Å². The molecule has 0 aromatic heterocycles. The third-order valence-electron chi connectivity index (χ3n) is 6.54. The minimum Gasteiger partial charge on any atom is -0.487 e. The maximum atomic E-state index is 14.0. The molecule has 1 aromatic rings. The van der Waals surface area contributed by atoms with Crippen molar-refractivity contribution >= 4 is 29.7 Å². The molecule has 7 nitrogen and oxygen atoms in total. The van der Waals surface area contributed by atoms with E-state index < -0.39 is 17.7 Å². The first-order valence-corrected chi connectivity index (χ1v) is 10.7. The van der Waals surface area contributed by atoms with Crippen molar-refractivity contribution in [1.29, 1.82) is 5.41 Å². The lowest BCUT2D eigenvalue weighted by Gasteiger charge is -2.38. The highest BCUT2D eigenvalue weighted by atomic mass is 19.3. The monoisotopic (exact) mass is 441 g/mol. The lowest BCUT2D eigenvalue weighted by molar-refractivity contribution is -0.152. The number of nitrogens with zero attached hydrogens (tertiary/aromatic N) is 2. The van der Waals surface area contributed by atoms with Crippen LogP contribution < -0.4 is 20.3 Å². The fraction of sp³-hybridized carbons (Fsp3) is 0.435. The molecule has 168 valence electrons. The maximum absolute atomic E-state index is 14.0. The summed E-state index contributed by atoms with van der Waals surface area (Å²) in [6.45, 7) is 4.72. The van der Waals surface area contributed by atoms with Crippen LogP contribution in [0, 0.1) is 17.2 Å². The molecule has 3 aliphatic heterocycles. The summed E-state index contributed by atoms with van der Waals surface area (Å²) >= 11 is 0. The number of hydrogen-bond acceptors (Lipinski definition) is 6. The Morgan fingerprint density at radius 1 is 1.38 bits per heavy atom. The Kier molecular flexibility index (Phi) is 4.61. The molecule has 5 rings (SSSR count). The molecule has 2 atom stereocenters. The molecule has 3 N–H and O–H groups in total. The van der Waals surface area contributed by atoms with E-state index in [1.54, 1.807) is 12.3 Å². The number of carbonyl (C=O) groups excluding carboxylic acids is 1. The van der Waals surface area contributed by atoms with Gasteiger partial charge in [-0.3, -0.25) is 4.79 Å². The number of ether oxygens (including phenoxy) is 1. The van der Waals surface area contributed by atoms with Gasteiger partial charge in [0.05, 0.1) is 16.9 Å². The van der Waals surface area contributed by atoms with Crippen LogP contribution in [-0.4, -0.2) is 42.9 Å². The van der Waals surface area contributed by atoms with Crippen molar-refractivity contribution in [3.63, 3.8) is 0 Å². The molecule has 0 bridgehead atoms. The number of amides is 1. The first-order chi connectivity index (χ1) is 15.2. The van der Waals surface area contributed by atoms with Gasteiger partial charge in [0.25, 0.3) is 11.8 Å². The molecular formula is C23H25F2N5O2. The largest absolute Gasteiger partial charge is 0.487 e. The Hall–Kier alpha value is -3.23. The van der Waals surface area contributed by atoms with Crippen molar-refractivity contribution in [3.8, 4) is 5.75 Å². The summed E-state index contributed by atoms with van der Waals surface area (Å²) in [6.07, 6.45) is 6.36. The molecular weight excluding hydrogens is 416 g/mol. The quantitative estimate of drug-likeness (QED) is 0.493. The lowest BCUT2D eigenvalue weighted by atomic mass is 9.72. The number of carbonyl (C=O) groups is 1. The summed E-state index contributed by atoms with van der Waals surface area (Å²) in [4.78, 5) is 19.1. The van der Waals surface area contributed by atoms with E-state index in [0.717, 1.165) is 11.8 Å². The molecule has 0 spiro atoms. The van der Waals surface area contributed by atoms with E-state index in [9.17, 15) is 13.6 Å². The lowest BCUT2D eigenvalue weighted by Crippen LogP contribution is -2.46. The second kappa shape index (κ2) is 7.15. The fourth-order valence-electron chi connectivity index (χ4n) is 5.00. The van der Waals surface area contributed by atoms with Crippen LogP contribution in [-0.2, 0) is 11.2 Å². The number of nitrogens with one attached hydrogen (secondary N) is 3. The van der Waals surface area contributed by atoms with Crippen molar-refractivity contribution in [2.45, 2.75) is 38.2 Å². The summed E-state index contributed by atoms with van der Waals surface area (Å²) in [5, 5.41) is 13.5. The number of aliphatic imine (C=N–C) groups is 1. The number of hydrogen-bond donors (Lipinski definition) is 3. The number of anilines is 2. The Morgan fingerprint density at radius 2 is 2.19 bits per heavy atom. The second-order valence-electron chi connectivity index (χ2n) is 9.39. The molecule has 1 saturated carbocycles. The number of benzene rings is 1. The first-order valence-electron chi connectivity index (χ1n) is 10.7. The Morgan fingerprint density at radius 3 is 2.84 bits per heavy atom. The highest BCUT2D eigenvalue weighted by molar-refractivity contribution is 6.18. The van der Waals surface area contributed by atoms with Gasteiger partial charge in [-0.2, -0.15) is 0 Å². The van der Waals surface area contributed by atoms with Crippen molar-refractivity contribution < 1.29 is 18.3 Å². The van der Waals surface area contributed by atoms with Crippen LogP contribution in [0.1, 0.15) is 25.8 Å². The van der Waals surface area contributed by atoms with Gasteiger partial charge < -0.3 is 25.7 Å². The van der Waals surface area contributed by atoms with E-state index in [2.05, 4.69) is 15.6 Å². The standard InChI is InChI=1S/C23H25F2N5O2/c1-22(2)8-13-6-17(29-21(31)15(10-26)20-27-4-3-5-28-20)18(7-19(13)32-22)30-11-14-9-23(24,25)16(14)12-30/h3-7,10,14,16,26-27H,8-9,11-12H2,1-2H3,(H,29,31)/b20-15-,26-10?. The van der Waals surface area contributed by atoms with E-state index in [4.69, 9.17) is 10.1 Å². The minimum absolute atomic E-state index is 0.0500. The van der Waals surface area contributed by atoms with Crippen LogP contribution >= 0.6 is 0 Å². The van der Waals surface area contributed by atoms with Crippen molar-refractivity contribution in [2.75, 3.05) is 23.3 Å². The molecule has 4 aliphatic rings. The predicted molar refractivity (Wildman–Crippen MR) is 119 cm³/mol. The molecule has 0 radical (unpaired) electrons. The van der Waals surface area contributed by atoms with Crippen LogP contribution in [0.5, 0.6) is 5.75 Å². The number of alkyl halides is 2. The Labute approximate surface area is 184 Å². The zero-order chi connectivity index (χ0) is 22.7. The Balaban J connectivity index is 1.49. The highest BCUT2D eigenvalue weighted by Crippen LogP contribution is 2.54. The van der Waals surface area contributed by atoms with Crippen molar-refractivity contribution in [1.82, 2.24) is 5.32 Å². The second-order valence-corrected chi connectivity index (χ2v) is 9.39. The van der Waals surface area contributed by atoms with Crippen LogP contribution in [0.2, 0.25) is 0 Å². The van der Waals surface area contributed by atoms with Gasteiger partial charge in [-0.1, -0.05) is 0 Å². The van der Waals surface area contributed by atoms with Crippen LogP contribution in [0.25, 0.3) is 0 Å². The highest BCUT2D eigenvalue weighted by Gasteiger charge is 2.59. The number of fused-ring (bicyclic) bond motifs is 2. The summed E-state index contributed by atoms with van der Waals surface area (Å²) in [7, 11) is 0. The van der Waals surface area contributed by atoms with Gasteiger partial charge in [0.15, 0.2) is 0 Å². The summed E-state index contributed by atoms with van der Waals surface area (Å²) in [6, 6.07) is 3.71. The van der Waals surface area contributed by atoms with E-state index in [1.165, 1.54) is 6.21 Å². The summed E-state index contributed by atoms with van der Waals surface area (Å²) in [5.74, 6) is -2.86. The molecule has 1 aromatic carbocycles. The van der Waals surface area contributed by atoms with E-state index >= 15 is 0 Å². The molecule has 2 unspecified atom stereocenters. The summed E-state index contributed by atoms with van der Waals surface area (Å²) < 4.78 is 34.0. The van der Waals surface area contributed by atoms with Gasteiger partial charge in [0.2, 0.25) is 0 Å². The molecule has 2 fully saturated rings. The van der Waals surface area contributed by atoms with E-state index in [0.29, 0.717) is 30.1 Å². The molecule has 3 heterocycles. The SMILES string of the molecule is CC1(C)Cc2cc(NC(=O)/C(C=N)=C3\N=CC=CN3)c(N3CC4CC(F)(F)C4C3)cc2O1.